The Kier molecular flexibility index (Phi) is 4.95. The Bertz CT molecular complexity index is 904. The molecule has 1 saturated heterocycles. The van der Waals surface area contributed by atoms with Gasteiger partial charge in [0.25, 0.3) is 5.89 Å². The first-order chi connectivity index (χ1) is 13.2. The molecule has 8 heteroatoms. The summed E-state index contributed by atoms with van der Waals surface area (Å²) >= 11 is 0. The number of likely N-dealkylation sites (tertiary alicyclic amines) is 1. The maximum absolute atomic E-state index is 12.4. The van der Waals surface area contributed by atoms with E-state index in [0.717, 1.165) is 43.5 Å². The van der Waals surface area contributed by atoms with E-state index in [1.54, 1.807) is 23.3 Å². The van der Waals surface area contributed by atoms with Gasteiger partial charge in [0.15, 0.2) is 5.82 Å². The second-order valence-electron chi connectivity index (χ2n) is 7.01. The summed E-state index contributed by atoms with van der Waals surface area (Å²) in [6, 6.07) is 3.74. The Morgan fingerprint density at radius 1 is 1.37 bits per heavy atom. The van der Waals surface area contributed by atoms with Gasteiger partial charge in [-0.25, -0.2) is 0 Å². The van der Waals surface area contributed by atoms with Crippen molar-refractivity contribution in [2.45, 2.75) is 32.7 Å². The summed E-state index contributed by atoms with van der Waals surface area (Å²) in [6.07, 6.45) is 9.77. The van der Waals surface area contributed by atoms with Crippen LogP contribution in [0.1, 0.15) is 24.2 Å². The van der Waals surface area contributed by atoms with Gasteiger partial charge >= 0.3 is 0 Å². The molecule has 1 unspecified atom stereocenters. The molecule has 3 aromatic rings. The van der Waals surface area contributed by atoms with Crippen molar-refractivity contribution < 1.29 is 9.32 Å². The van der Waals surface area contributed by atoms with Crippen molar-refractivity contribution in [2.75, 3.05) is 13.1 Å². The molecule has 1 atom stereocenters. The molecule has 8 nitrogen and oxygen atoms in total. The van der Waals surface area contributed by atoms with Gasteiger partial charge in [0, 0.05) is 38.1 Å². The normalized spacial score (nSPS) is 16.8. The summed E-state index contributed by atoms with van der Waals surface area (Å²) in [5, 5.41) is 8.25. The number of hydrogen-bond acceptors (Lipinski definition) is 6. The average molecular weight is 366 g/mol. The molecular formula is C19H22N6O2. The molecule has 0 aromatic carbocycles. The third kappa shape index (κ3) is 4.21. The van der Waals surface area contributed by atoms with Crippen molar-refractivity contribution in [2.24, 2.45) is 5.92 Å². The van der Waals surface area contributed by atoms with E-state index in [9.17, 15) is 4.79 Å². The first-order valence-corrected chi connectivity index (χ1v) is 9.17. The fourth-order valence-electron chi connectivity index (χ4n) is 3.38. The van der Waals surface area contributed by atoms with E-state index in [1.807, 2.05) is 30.2 Å². The summed E-state index contributed by atoms with van der Waals surface area (Å²) < 4.78 is 7.02. The Morgan fingerprint density at radius 2 is 2.30 bits per heavy atom. The van der Waals surface area contributed by atoms with Crippen molar-refractivity contribution >= 4 is 5.91 Å². The molecule has 0 N–H and O–H groups in total. The lowest BCUT2D eigenvalue weighted by molar-refractivity contribution is -0.131. The minimum Gasteiger partial charge on any atom is -0.341 e. The van der Waals surface area contributed by atoms with Crippen LogP contribution >= 0.6 is 0 Å². The van der Waals surface area contributed by atoms with E-state index < -0.39 is 0 Å². The monoisotopic (exact) mass is 366 g/mol. The van der Waals surface area contributed by atoms with Gasteiger partial charge in [-0.3, -0.25) is 14.5 Å². The molecule has 1 amide bonds. The third-order valence-electron chi connectivity index (χ3n) is 4.85. The fraction of sp³-hybridized carbons (Fsp3) is 0.421. The third-order valence-corrected chi connectivity index (χ3v) is 4.85. The molecule has 3 aromatic heterocycles. The summed E-state index contributed by atoms with van der Waals surface area (Å²) in [4.78, 5) is 22.9. The Labute approximate surface area is 157 Å². The van der Waals surface area contributed by atoms with E-state index in [-0.39, 0.29) is 5.91 Å². The largest absolute Gasteiger partial charge is 0.341 e. The number of amides is 1. The molecule has 4 rings (SSSR count). The molecule has 4 heterocycles. The zero-order chi connectivity index (χ0) is 18.6. The zero-order valence-corrected chi connectivity index (χ0v) is 15.3. The number of hydrogen-bond donors (Lipinski definition) is 0. The predicted octanol–water partition coefficient (Wildman–Crippen LogP) is 2.12. The first kappa shape index (κ1) is 17.4. The van der Waals surface area contributed by atoms with Gasteiger partial charge in [-0.05, 0) is 43.4 Å². The van der Waals surface area contributed by atoms with E-state index in [2.05, 4.69) is 20.2 Å². The van der Waals surface area contributed by atoms with Crippen LogP contribution in [0.3, 0.4) is 0 Å². The summed E-state index contributed by atoms with van der Waals surface area (Å²) in [5.41, 5.74) is 1.88. The summed E-state index contributed by atoms with van der Waals surface area (Å²) in [5.74, 6) is 1.79. The van der Waals surface area contributed by atoms with Gasteiger partial charge in [0.1, 0.15) is 6.54 Å². The van der Waals surface area contributed by atoms with Crippen molar-refractivity contribution in [1.82, 2.24) is 29.8 Å². The van der Waals surface area contributed by atoms with E-state index in [0.29, 0.717) is 24.2 Å². The topological polar surface area (TPSA) is 89.9 Å². The number of carbonyl (C=O) groups excluding carboxylic acids is 1. The standard InChI is InChI=1S/C19H22N6O2/c1-14-9-21-25(11-14)13-18(26)24-8-6-15(12-24)4-5-17-22-19(27-23-17)16-3-2-7-20-10-16/h2-3,7,9-11,15H,4-6,8,12-13H2,1H3. The lowest BCUT2D eigenvalue weighted by atomic mass is 10.0. The quantitative estimate of drug-likeness (QED) is 0.664. The second kappa shape index (κ2) is 7.69. The van der Waals surface area contributed by atoms with E-state index >= 15 is 0 Å². The highest BCUT2D eigenvalue weighted by Crippen LogP contribution is 2.22. The number of rotatable bonds is 6. The first-order valence-electron chi connectivity index (χ1n) is 9.17. The van der Waals surface area contributed by atoms with Gasteiger partial charge in [-0.2, -0.15) is 10.1 Å². The predicted molar refractivity (Wildman–Crippen MR) is 97.5 cm³/mol. The van der Waals surface area contributed by atoms with Crippen molar-refractivity contribution in [1.29, 1.82) is 0 Å². The molecule has 1 aliphatic rings. The van der Waals surface area contributed by atoms with Gasteiger partial charge in [-0.15, -0.1) is 0 Å². The lowest BCUT2D eigenvalue weighted by Gasteiger charge is -2.16. The van der Waals surface area contributed by atoms with Gasteiger partial charge < -0.3 is 9.42 Å². The molecule has 140 valence electrons. The maximum Gasteiger partial charge on any atom is 0.259 e. The van der Waals surface area contributed by atoms with Crippen LogP contribution < -0.4 is 0 Å². The SMILES string of the molecule is Cc1cnn(CC(=O)N2CCC(CCc3noc(-c4cccnc4)n3)C2)c1. The average Bonchev–Trinajstić information content (AvgIpc) is 3.42. The summed E-state index contributed by atoms with van der Waals surface area (Å²) in [7, 11) is 0. The summed E-state index contributed by atoms with van der Waals surface area (Å²) in [6.45, 7) is 3.86. The molecule has 0 bridgehead atoms. The molecule has 1 aliphatic heterocycles. The van der Waals surface area contributed by atoms with Crippen molar-refractivity contribution in [3.63, 3.8) is 0 Å². The van der Waals surface area contributed by atoms with Gasteiger partial charge in [-0.1, -0.05) is 5.16 Å². The van der Waals surface area contributed by atoms with Crippen LogP contribution in [0.4, 0.5) is 0 Å². The Morgan fingerprint density at radius 3 is 3.07 bits per heavy atom. The minimum atomic E-state index is 0.124. The van der Waals surface area contributed by atoms with Crippen LogP contribution in [0, 0.1) is 12.8 Å². The highest BCUT2D eigenvalue weighted by atomic mass is 16.5. The van der Waals surface area contributed by atoms with Crippen LogP contribution in [0.15, 0.2) is 41.4 Å². The minimum absolute atomic E-state index is 0.124. The molecular weight excluding hydrogens is 344 g/mol. The Balaban J connectivity index is 1.26. The highest BCUT2D eigenvalue weighted by molar-refractivity contribution is 5.76. The molecule has 0 aliphatic carbocycles. The van der Waals surface area contributed by atoms with Crippen LogP contribution in [-0.4, -0.2) is 48.8 Å². The molecule has 0 saturated carbocycles. The molecule has 27 heavy (non-hydrogen) atoms. The lowest BCUT2D eigenvalue weighted by Crippen LogP contribution is -2.32. The molecule has 0 spiro atoms. The second-order valence-corrected chi connectivity index (χ2v) is 7.01. The van der Waals surface area contributed by atoms with Crippen LogP contribution in [-0.2, 0) is 17.8 Å². The molecule has 1 fully saturated rings. The van der Waals surface area contributed by atoms with Gasteiger partial charge in [0.2, 0.25) is 5.91 Å². The number of nitrogens with zero attached hydrogens (tertiary/aromatic N) is 6. The fourth-order valence-corrected chi connectivity index (χ4v) is 3.38. The van der Waals surface area contributed by atoms with E-state index in [4.69, 9.17) is 4.52 Å². The van der Waals surface area contributed by atoms with E-state index in [1.165, 1.54) is 0 Å². The van der Waals surface area contributed by atoms with Crippen LogP contribution in [0.25, 0.3) is 11.5 Å². The molecule has 0 radical (unpaired) electrons. The number of carbonyl (C=O) groups is 1. The number of aromatic nitrogens is 5. The smallest absolute Gasteiger partial charge is 0.259 e. The Hall–Kier alpha value is -3.03. The zero-order valence-electron chi connectivity index (χ0n) is 15.3. The highest BCUT2D eigenvalue weighted by Gasteiger charge is 2.26. The number of pyridine rings is 1. The van der Waals surface area contributed by atoms with Crippen LogP contribution in [0.2, 0.25) is 0 Å². The van der Waals surface area contributed by atoms with Crippen LogP contribution in [0.5, 0.6) is 0 Å². The van der Waals surface area contributed by atoms with Crippen molar-refractivity contribution in [3.05, 3.63) is 48.3 Å². The van der Waals surface area contributed by atoms with Crippen molar-refractivity contribution in [3.8, 4) is 11.5 Å². The number of aryl methyl sites for hydroxylation is 2. The maximum atomic E-state index is 12.4. The van der Waals surface area contributed by atoms with Gasteiger partial charge in [0.05, 0.1) is 11.8 Å².